The summed E-state index contributed by atoms with van der Waals surface area (Å²) in [5, 5.41) is 17.5. The summed E-state index contributed by atoms with van der Waals surface area (Å²) >= 11 is 0. The van der Waals surface area contributed by atoms with Gasteiger partial charge in [-0.2, -0.15) is 0 Å². The summed E-state index contributed by atoms with van der Waals surface area (Å²) in [7, 11) is 0. The minimum atomic E-state index is -1.18. The first kappa shape index (κ1) is 29.4. The van der Waals surface area contributed by atoms with Crippen LogP contribution in [0, 0.1) is 5.92 Å². The van der Waals surface area contributed by atoms with Crippen LogP contribution >= 0.6 is 0 Å². The van der Waals surface area contributed by atoms with Crippen molar-refractivity contribution < 1.29 is 29.0 Å². The van der Waals surface area contributed by atoms with Crippen LogP contribution in [-0.4, -0.2) is 52.7 Å². The van der Waals surface area contributed by atoms with Gasteiger partial charge in [-0.15, -0.1) is 0 Å². The highest BCUT2D eigenvalue weighted by Gasteiger charge is 2.32. The van der Waals surface area contributed by atoms with Crippen LogP contribution in [0.5, 0.6) is 0 Å². The Balaban J connectivity index is 2.17. The molecule has 0 saturated carbocycles. The predicted octanol–water partition coefficient (Wildman–Crippen LogP) is 3.08. The Kier molecular flexibility index (Phi) is 10.7. The number of alkyl carbamates (subject to hydrolysis) is 1. The van der Waals surface area contributed by atoms with Gasteiger partial charge in [-0.1, -0.05) is 74.5 Å². The van der Waals surface area contributed by atoms with Crippen LogP contribution in [-0.2, 0) is 32.0 Å². The molecule has 0 aliphatic heterocycles. The van der Waals surface area contributed by atoms with Crippen molar-refractivity contribution in [1.82, 2.24) is 16.0 Å². The van der Waals surface area contributed by atoms with Gasteiger partial charge in [0.05, 0.1) is 0 Å². The van der Waals surface area contributed by atoms with E-state index in [-0.39, 0.29) is 18.8 Å². The van der Waals surface area contributed by atoms with E-state index in [1.165, 1.54) is 0 Å². The normalized spacial score (nSPS) is 13.7. The topological polar surface area (TPSA) is 134 Å². The molecule has 37 heavy (non-hydrogen) atoms. The van der Waals surface area contributed by atoms with Gasteiger partial charge in [0.15, 0.2) is 0 Å². The Bertz CT molecular complexity index is 1050. The van der Waals surface area contributed by atoms with Gasteiger partial charge in [-0.05, 0) is 37.8 Å². The van der Waals surface area contributed by atoms with E-state index in [4.69, 9.17) is 4.74 Å². The molecule has 3 amide bonds. The molecule has 2 aromatic rings. The third-order valence-corrected chi connectivity index (χ3v) is 5.43. The number of benzene rings is 2. The summed E-state index contributed by atoms with van der Waals surface area (Å²) in [5.74, 6) is -2.74. The average Bonchev–Trinajstić information content (AvgIpc) is 2.81. The van der Waals surface area contributed by atoms with E-state index in [9.17, 15) is 24.3 Å². The lowest BCUT2D eigenvalue weighted by atomic mass is 10.00. The smallest absolute Gasteiger partial charge is 0.408 e. The Morgan fingerprint density at radius 1 is 0.757 bits per heavy atom. The zero-order valence-corrected chi connectivity index (χ0v) is 22.0. The minimum Gasteiger partial charge on any atom is -0.480 e. The molecule has 9 nitrogen and oxygen atoms in total. The summed E-state index contributed by atoms with van der Waals surface area (Å²) in [6.45, 7) is 8.63. The number of carboxylic acid groups (broad SMARTS) is 1. The largest absolute Gasteiger partial charge is 0.480 e. The molecule has 2 rings (SSSR count). The van der Waals surface area contributed by atoms with Crippen LogP contribution in [0.15, 0.2) is 60.7 Å². The molecule has 0 bridgehead atoms. The molecule has 0 spiro atoms. The fraction of sp³-hybridized carbons (Fsp3) is 0.429. The van der Waals surface area contributed by atoms with Gasteiger partial charge in [-0.25, -0.2) is 9.59 Å². The number of carbonyl (C=O) groups excluding carboxylic acids is 3. The highest BCUT2D eigenvalue weighted by molar-refractivity contribution is 5.93. The van der Waals surface area contributed by atoms with Crippen molar-refractivity contribution in [3.05, 3.63) is 71.8 Å². The Morgan fingerprint density at radius 2 is 1.24 bits per heavy atom. The van der Waals surface area contributed by atoms with Crippen LogP contribution in [0.3, 0.4) is 0 Å². The zero-order chi connectivity index (χ0) is 27.6. The molecule has 0 aliphatic rings. The monoisotopic (exact) mass is 511 g/mol. The van der Waals surface area contributed by atoms with E-state index in [0.29, 0.717) is 0 Å². The number of rotatable bonds is 11. The van der Waals surface area contributed by atoms with Crippen molar-refractivity contribution in [2.24, 2.45) is 5.92 Å². The van der Waals surface area contributed by atoms with E-state index in [2.05, 4.69) is 16.0 Å². The summed E-state index contributed by atoms with van der Waals surface area (Å²) < 4.78 is 5.32. The molecule has 3 atom stereocenters. The molecular weight excluding hydrogens is 474 g/mol. The molecule has 4 N–H and O–H groups in total. The van der Waals surface area contributed by atoms with Crippen molar-refractivity contribution in [3.63, 3.8) is 0 Å². The van der Waals surface area contributed by atoms with E-state index in [0.717, 1.165) is 11.1 Å². The maximum atomic E-state index is 13.3. The van der Waals surface area contributed by atoms with Gasteiger partial charge in [0.25, 0.3) is 0 Å². The molecule has 200 valence electrons. The molecule has 0 unspecified atom stereocenters. The third kappa shape index (κ3) is 10.3. The third-order valence-electron chi connectivity index (χ3n) is 5.43. The highest BCUT2D eigenvalue weighted by atomic mass is 16.6. The number of aliphatic carboxylic acids is 1. The summed E-state index contributed by atoms with van der Waals surface area (Å²) in [6, 6.07) is 14.9. The van der Waals surface area contributed by atoms with Gasteiger partial charge >= 0.3 is 12.1 Å². The summed E-state index contributed by atoms with van der Waals surface area (Å²) in [4.78, 5) is 50.7. The van der Waals surface area contributed by atoms with Gasteiger partial charge in [0.1, 0.15) is 23.7 Å². The summed E-state index contributed by atoms with van der Waals surface area (Å²) in [6.07, 6.45) is -0.496. The minimum absolute atomic E-state index is 0.0947. The highest BCUT2D eigenvalue weighted by Crippen LogP contribution is 2.11. The standard InChI is InChI=1S/C28H37N3O6/c1-18(2)23(25(33)29-22(26(34)35)17-20-14-10-7-11-15-20)31-24(32)21(16-19-12-8-6-9-13-19)30-27(36)37-28(3,4)5/h6-15,18,21-23H,16-17H2,1-5H3,(H,29,33)(H,30,36)(H,31,32)(H,34,35)/t21-,22-,23-/m0/s1. The summed E-state index contributed by atoms with van der Waals surface area (Å²) in [5.41, 5.74) is 0.797. The number of ether oxygens (including phenoxy) is 1. The molecule has 0 aromatic heterocycles. The number of hydrogen-bond donors (Lipinski definition) is 4. The second-order valence-electron chi connectivity index (χ2n) is 10.2. The predicted molar refractivity (Wildman–Crippen MR) is 140 cm³/mol. The number of amides is 3. The van der Waals surface area contributed by atoms with Crippen LogP contribution in [0.4, 0.5) is 4.79 Å². The van der Waals surface area contributed by atoms with Crippen molar-refractivity contribution in [2.45, 2.75) is 71.2 Å². The zero-order valence-electron chi connectivity index (χ0n) is 22.0. The fourth-order valence-corrected chi connectivity index (χ4v) is 3.61. The van der Waals surface area contributed by atoms with E-state index >= 15 is 0 Å². The lowest BCUT2D eigenvalue weighted by Gasteiger charge is -2.27. The Labute approximate surface area is 218 Å². The van der Waals surface area contributed by atoms with Gasteiger partial charge in [-0.3, -0.25) is 9.59 Å². The van der Waals surface area contributed by atoms with Gasteiger partial charge in [0, 0.05) is 12.8 Å². The Hall–Kier alpha value is -3.88. The van der Waals surface area contributed by atoms with Crippen LogP contribution in [0.25, 0.3) is 0 Å². The van der Waals surface area contributed by atoms with E-state index in [1.54, 1.807) is 58.9 Å². The van der Waals surface area contributed by atoms with Crippen LogP contribution in [0.2, 0.25) is 0 Å². The molecule has 0 radical (unpaired) electrons. The number of carbonyl (C=O) groups is 4. The fourth-order valence-electron chi connectivity index (χ4n) is 3.61. The molecule has 0 heterocycles. The first-order chi connectivity index (χ1) is 17.4. The lowest BCUT2D eigenvalue weighted by molar-refractivity contribution is -0.142. The Morgan fingerprint density at radius 3 is 1.68 bits per heavy atom. The quantitative estimate of drug-likeness (QED) is 0.366. The van der Waals surface area contributed by atoms with E-state index < -0.39 is 47.6 Å². The molecule has 0 fully saturated rings. The molecule has 2 aromatic carbocycles. The number of hydrogen-bond acceptors (Lipinski definition) is 5. The number of nitrogens with one attached hydrogen (secondary N) is 3. The molecular formula is C28H37N3O6. The van der Waals surface area contributed by atoms with Crippen LogP contribution < -0.4 is 16.0 Å². The maximum absolute atomic E-state index is 13.3. The van der Waals surface area contributed by atoms with Crippen molar-refractivity contribution in [3.8, 4) is 0 Å². The van der Waals surface area contributed by atoms with Crippen molar-refractivity contribution in [1.29, 1.82) is 0 Å². The lowest BCUT2D eigenvalue weighted by Crippen LogP contribution is -2.58. The van der Waals surface area contributed by atoms with Crippen molar-refractivity contribution in [2.75, 3.05) is 0 Å². The second kappa shape index (κ2) is 13.4. The maximum Gasteiger partial charge on any atom is 0.408 e. The van der Waals surface area contributed by atoms with Crippen molar-refractivity contribution >= 4 is 23.9 Å². The second-order valence-corrected chi connectivity index (χ2v) is 10.2. The first-order valence-electron chi connectivity index (χ1n) is 12.3. The average molecular weight is 512 g/mol. The number of carboxylic acids is 1. The van der Waals surface area contributed by atoms with Crippen LogP contribution in [0.1, 0.15) is 45.7 Å². The first-order valence-corrected chi connectivity index (χ1v) is 12.3. The van der Waals surface area contributed by atoms with Gasteiger partial charge in [0.2, 0.25) is 11.8 Å². The van der Waals surface area contributed by atoms with Gasteiger partial charge < -0.3 is 25.8 Å². The molecule has 0 aliphatic carbocycles. The SMILES string of the molecule is CC(C)[C@H](NC(=O)[C@H](Cc1ccccc1)NC(=O)OC(C)(C)C)C(=O)N[C@@H](Cc1ccccc1)C(=O)O. The molecule has 0 saturated heterocycles. The van der Waals surface area contributed by atoms with E-state index in [1.807, 2.05) is 36.4 Å². The molecule has 9 heteroatoms.